The summed E-state index contributed by atoms with van der Waals surface area (Å²) in [6.07, 6.45) is 0. The van der Waals surface area contributed by atoms with Crippen molar-refractivity contribution in [1.82, 2.24) is 0 Å². The van der Waals surface area contributed by atoms with Crippen LogP contribution in [0, 0.1) is 12.7 Å². The molecule has 1 N–H and O–H groups in total. The molecule has 0 saturated carbocycles. The maximum Gasteiger partial charge on any atom is 0.139 e. The highest BCUT2D eigenvalue weighted by atomic mass is 35.5. The van der Waals surface area contributed by atoms with Crippen LogP contribution in [0.25, 0.3) is 0 Å². The molecule has 1 aromatic rings. The third-order valence-corrected chi connectivity index (χ3v) is 2.84. The second-order valence-corrected chi connectivity index (χ2v) is 4.01. The zero-order valence-electron chi connectivity index (χ0n) is 7.68. The number of hydrogen-bond donors (Lipinski definition) is 1. The van der Waals surface area contributed by atoms with Gasteiger partial charge in [-0.1, -0.05) is 11.6 Å². The fourth-order valence-corrected chi connectivity index (χ4v) is 1.62. The lowest BCUT2D eigenvalue weighted by atomic mass is 9.90. The minimum absolute atomic E-state index is 0.144. The topological polar surface area (TPSA) is 29.5 Å². The SMILES string of the molecule is Cc1cc(C2(O)COC2)c(F)cc1Cl. The van der Waals surface area contributed by atoms with Crippen LogP contribution in [0.3, 0.4) is 0 Å². The van der Waals surface area contributed by atoms with Gasteiger partial charge in [-0.2, -0.15) is 0 Å². The number of halogens is 2. The van der Waals surface area contributed by atoms with E-state index in [2.05, 4.69) is 0 Å². The maximum atomic E-state index is 13.4. The average molecular weight is 217 g/mol. The van der Waals surface area contributed by atoms with Crippen LogP contribution >= 0.6 is 11.6 Å². The van der Waals surface area contributed by atoms with Gasteiger partial charge < -0.3 is 9.84 Å². The van der Waals surface area contributed by atoms with Crippen LogP contribution in [-0.2, 0) is 10.3 Å². The molecule has 1 heterocycles. The Bertz CT molecular complexity index is 375. The lowest BCUT2D eigenvalue weighted by Gasteiger charge is -2.37. The molecule has 0 bridgehead atoms. The van der Waals surface area contributed by atoms with Crippen LogP contribution in [0.1, 0.15) is 11.1 Å². The molecular weight excluding hydrogens is 207 g/mol. The van der Waals surface area contributed by atoms with Crippen LogP contribution in [0.15, 0.2) is 12.1 Å². The average Bonchev–Trinajstić information content (AvgIpc) is 2.07. The Morgan fingerprint density at radius 2 is 2.14 bits per heavy atom. The second kappa shape index (κ2) is 3.19. The first-order chi connectivity index (χ1) is 6.53. The largest absolute Gasteiger partial charge is 0.380 e. The molecule has 2 nitrogen and oxygen atoms in total. The third kappa shape index (κ3) is 1.41. The molecule has 1 aromatic carbocycles. The summed E-state index contributed by atoms with van der Waals surface area (Å²) in [6.45, 7) is 2.06. The fraction of sp³-hybridized carbons (Fsp3) is 0.400. The normalized spacial score (nSPS) is 19.1. The van der Waals surface area contributed by atoms with E-state index >= 15 is 0 Å². The van der Waals surface area contributed by atoms with Gasteiger partial charge in [0.05, 0.1) is 13.2 Å². The van der Waals surface area contributed by atoms with Gasteiger partial charge in [-0.05, 0) is 24.6 Å². The third-order valence-electron chi connectivity index (χ3n) is 2.43. The summed E-state index contributed by atoms with van der Waals surface area (Å²) in [5, 5.41) is 10.2. The van der Waals surface area contributed by atoms with Crippen molar-refractivity contribution >= 4 is 11.6 Å². The highest BCUT2D eigenvalue weighted by Gasteiger charge is 2.40. The van der Waals surface area contributed by atoms with E-state index in [0.29, 0.717) is 5.02 Å². The first-order valence-electron chi connectivity index (χ1n) is 4.29. The van der Waals surface area contributed by atoms with Crippen LogP contribution < -0.4 is 0 Å². The molecule has 1 aliphatic rings. The van der Waals surface area contributed by atoms with E-state index in [1.54, 1.807) is 13.0 Å². The second-order valence-electron chi connectivity index (χ2n) is 3.61. The molecule has 0 aliphatic carbocycles. The summed E-state index contributed by atoms with van der Waals surface area (Å²) in [5.74, 6) is -0.480. The summed E-state index contributed by atoms with van der Waals surface area (Å²) < 4.78 is 18.3. The molecule has 2 rings (SSSR count). The van der Waals surface area contributed by atoms with Crippen molar-refractivity contribution in [2.75, 3.05) is 13.2 Å². The Hall–Kier alpha value is -0.640. The summed E-state index contributed by atoms with van der Waals surface area (Å²) in [7, 11) is 0. The molecule has 0 amide bonds. The highest BCUT2D eigenvalue weighted by molar-refractivity contribution is 6.31. The fourth-order valence-electron chi connectivity index (χ4n) is 1.46. The highest BCUT2D eigenvalue weighted by Crippen LogP contribution is 2.33. The van der Waals surface area contributed by atoms with Crippen molar-refractivity contribution in [1.29, 1.82) is 0 Å². The summed E-state index contributed by atoms with van der Waals surface area (Å²) in [6, 6.07) is 2.79. The molecule has 0 spiro atoms. The molecule has 76 valence electrons. The monoisotopic (exact) mass is 216 g/mol. The Morgan fingerprint density at radius 1 is 1.50 bits per heavy atom. The molecule has 0 radical (unpaired) electrons. The first-order valence-corrected chi connectivity index (χ1v) is 4.67. The summed E-state index contributed by atoms with van der Waals surface area (Å²) in [4.78, 5) is 0. The van der Waals surface area contributed by atoms with E-state index < -0.39 is 11.4 Å². The molecule has 1 fully saturated rings. The molecule has 4 heteroatoms. The zero-order valence-corrected chi connectivity index (χ0v) is 8.44. The number of ether oxygens (including phenoxy) is 1. The molecule has 0 unspecified atom stereocenters. The van der Waals surface area contributed by atoms with Gasteiger partial charge in [0.1, 0.15) is 11.4 Å². The first kappa shape index (κ1) is 9.90. The Labute approximate surface area is 86.3 Å². The van der Waals surface area contributed by atoms with Crippen molar-refractivity contribution in [3.8, 4) is 0 Å². The summed E-state index contributed by atoms with van der Waals surface area (Å²) in [5.41, 5.74) is -0.145. The van der Waals surface area contributed by atoms with Crippen molar-refractivity contribution in [3.63, 3.8) is 0 Å². The van der Waals surface area contributed by atoms with E-state index in [1.807, 2.05) is 0 Å². The van der Waals surface area contributed by atoms with E-state index in [4.69, 9.17) is 16.3 Å². The van der Waals surface area contributed by atoms with Crippen LogP contribution in [-0.4, -0.2) is 18.3 Å². The van der Waals surface area contributed by atoms with Gasteiger partial charge >= 0.3 is 0 Å². The van der Waals surface area contributed by atoms with Gasteiger partial charge in [0.2, 0.25) is 0 Å². The van der Waals surface area contributed by atoms with E-state index in [9.17, 15) is 9.50 Å². The van der Waals surface area contributed by atoms with E-state index in [0.717, 1.165) is 5.56 Å². The number of hydrogen-bond acceptors (Lipinski definition) is 2. The molecule has 1 aliphatic heterocycles. The number of benzene rings is 1. The van der Waals surface area contributed by atoms with Crippen molar-refractivity contribution in [2.24, 2.45) is 0 Å². The molecule has 1 saturated heterocycles. The number of rotatable bonds is 1. The van der Waals surface area contributed by atoms with E-state index in [1.165, 1.54) is 6.07 Å². The predicted octanol–water partition coefficient (Wildman–Crippen LogP) is 2.01. The van der Waals surface area contributed by atoms with Gasteiger partial charge in [-0.3, -0.25) is 0 Å². The summed E-state index contributed by atoms with van der Waals surface area (Å²) >= 11 is 5.74. The van der Waals surface area contributed by atoms with Gasteiger partial charge in [-0.25, -0.2) is 4.39 Å². The van der Waals surface area contributed by atoms with Crippen molar-refractivity contribution in [2.45, 2.75) is 12.5 Å². The van der Waals surface area contributed by atoms with Crippen molar-refractivity contribution < 1.29 is 14.2 Å². The predicted molar refractivity (Wildman–Crippen MR) is 50.9 cm³/mol. The number of aliphatic hydroxyl groups is 1. The lowest BCUT2D eigenvalue weighted by molar-refractivity contribution is -0.186. The molecular formula is C10H10ClFO2. The van der Waals surface area contributed by atoms with Gasteiger partial charge in [0.25, 0.3) is 0 Å². The minimum Gasteiger partial charge on any atom is -0.380 e. The zero-order chi connectivity index (χ0) is 10.3. The quantitative estimate of drug-likeness (QED) is 0.778. The molecule has 0 atom stereocenters. The van der Waals surface area contributed by atoms with Crippen molar-refractivity contribution in [3.05, 3.63) is 34.1 Å². The van der Waals surface area contributed by atoms with Gasteiger partial charge in [0, 0.05) is 10.6 Å². The van der Waals surface area contributed by atoms with Gasteiger partial charge in [-0.15, -0.1) is 0 Å². The Morgan fingerprint density at radius 3 is 2.64 bits per heavy atom. The smallest absolute Gasteiger partial charge is 0.139 e. The van der Waals surface area contributed by atoms with Crippen LogP contribution in [0.5, 0.6) is 0 Å². The Balaban J connectivity index is 2.48. The molecule has 14 heavy (non-hydrogen) atoms. The lowest BCUT2D eigenvalue weighted by Crippen LogP contribution is -2.47. The van der Waals surface area contributed by atoms with E-state index in [-0.39, 0.29) is 18.8 Å². The molecule has 0 aromatic heterocycles. The van der Waals surface area contributed by atoms with Crippen LogP contribution in [0.2, 0.25) is 5.02 Å². The Kier molecular flexibility index (Phi) is 2.26. The maximum absolute atomic E-state index is 13.4. The van der Waals surface area contributed by atoms with Crippen LogP contribution in [0.4, 0.5) is 4.39 Å². The number of aryl methyl sites for hydroxylation is 1. The minimum atomic E-state index is -1.17. The van der Waals surface area contributed by atoms with Gasteiger partial charge in [0.15, 0.2) is 0 Å². The standard InChI is InChI=1S/C10H10ClFO2/c1-6-2-7(9(12)3-8(6)11)10(13)4-14-5-10/h2-3,13H,4-5H2,1H3.